The minimum absolute atomic E-state index is 0.0429. The van der Waals surface area contributed by atoms with Crippen LogP contribution in [0.25, 0.3) is 0 Å². The largest absolute Gasteiger partial charge is 0.484 e. The molecular weight excluding hydrogens is 419 g/mol. The van der Waals surface area contributed by atoms with Gasteiger partial charge in [0.1, 0.15) is 11.5 Å². The van der Waals surface area contributed by atoms with E-state index >= 15 is 0 Å². The lowest BCUT2D eigenvalue weighted by atomic mass is 10.2. The molecule has 2 aromatic rings. The Bertz CT molecular complexity index is 650. The Labute approximate surface area is 145 Å². The number of hydrogen-bond acceptors (Lipinski definition) is 3. The summed E-state index contributed by atoms with van der Waals surface area (Å²) in [5.41, 5.74) is 0.468. The van der Waals surface area contributed by atoms with Crippen molar-refractivity contribution in [3.8, 4) is 11.5 Å². The molecule has 0 atom stereocenters. The average Bonchev–Trinajstić information content (AvgIpc) is 2.53. The van der Waals surface area contributed by atoms with Crippen LogP contribution in [0, 0.1) is 3.57 Å². The number of nitrogens with one attached hydrogen (secondary N) is 1. The van der Waals surface area contributed by atoms with E-state index in [0.717, 1.165) is 3.57 Å². The molecule has 1 amide bonds. The van der Waals surface area contributed by atoms with Crippen LogP contribution in [0.4, 0.5) is 8.78 Å². The van der Waals surface area contributed by atoms with E-state index in [1.165, 1.54) is 6.07 Å². The highest BCUT2D eigenvalue weighted by Gasteiger charge is 2.10. The monoisotopic (exact) mass is 433 g/mol. The Hall–Kier alpha value is -1.90. The Morgan fingerprint density at radius 1 is 1.13 bits per heavy atom. The summed E-state index contributed by atoms with van der Waals surface area (Å²) in [4.78, 5) is 11.8. The van der Waals surface area contributed by atoms with Gasteiger partial charge < -0.3 is 14.8 Å². The number of rotatable bonds is 7. The average molecular weight is 433 g/mol. The maximum absolute atomic E-state index is 12.3. The first-order valence-corrected chi connectivity index (χ1v) is 7.80. The molecule has 4 nitrogen and oxygen atoms in total. The lowest BCUT2D eigenvalue weighted by Gasteiger charge is -2.11. The van der Waals surface area contributed by atoms with Gasteiger partial charge in [0.2, 0.25) is 0 Å². The third-order valence-corrected chi connectivity index (χ3v) is 3.57. The lowest BCUT2D eigenvalue weighted by Crippen LogP contribution is -2.28. The van der Waals surface area contributed by atoms with Gasteiger partial charge in [0.25, 0.3) is 5.91 Å². The fourth-order valence-corrected chi connectivity index (χ4v) is 2.14. The summed E-state index contributed by atoms with van der Waals surface area (Å²) in [6, 6.07) is 13.6. The van der Waals surface area contributed by atoms with Crippen molar-refractivity contribution in [3.05, 3.63) is 57.7 Å². The molecule has 2 rings (SSSR count). The molecule has 23 heavy (non-hydrogen) atoms. The zero-order chi connectivity index (χ0) is 16.7. The fraction of sp³-hybridized carbons (Fsp3) is 0.188. The summed E-state index contributed by atoms with van der Waals surface area (Å²) in [6.45, 7) is -2.98. The van der Waals surface area contributed by atoms with E-state index < -0.39 is 6.61 Å². The van der Waals surface area contributed by atoms with Gasteiger partial charge in [0.15, 0.2) is 6.61 Å². The summed E-state index contributed by atoms with van der Waals surface area (Å²) < 4.78 is 35.4. The highest BCUT2D eigenvalue weighted by atomic mass is 127. The van der Waals surface area contributed by atoms with Crippen molar-refractivity contribution in [2.75, 3.05) is 6.61 Å². The highest BCUT2D eigenvalue weighted by molar-refractivity contribution is 14.1. The third kappa shape index (κ3) is 6.01. The van der Waals surface area contributed by atoms with Crippen molar-refractivity contribution in [2.24, 2.45) is 0 Å². The SMILES string of the molecule is O=C(COc1ccc(I)cc1)NCc1ccccc1OC(F)F. The van der Waals surface area contributed by atoms with Crippen LogP contribution in [0.5, 0.6) is 11.5 Å². The summed E-state index contributed by atoms with van der Waals surface area (Å²) >= 11 is 2.17. The normalized spacial score (nSPS) is 10.4. The highest BCUT2D eigenvalue weighted by Crippen LogP contribution is 2.20. The van der Waals surface area contributed by atoms with E-state index in [4.69, 9.17) is 4.74 Å². The Morgan fingerprint density at radius 2 is 1.83 bits per heavy atom. The van der Waals surface area contributed by atoms with Crippen LogP contribution in [-0.4, -0.2) is 19.1 Å². The molecule has 0 saturated heterocycles. The molecule has 0 unspecified atom stereocenters. The molecule has 2 aromatic carbocycles. The number of alkyl halides is 2. The van der Waals surface area contributed by atoms with E-state index in [9.17, 15) is 13.6 Å². The number of hydrogen-bond donors (Lipinski definition) is 1. The van der Waals surface area contributed by atoms with Crippen molar-refractivity contribution < 1.29 is 23.0 Å². The number of carbonyl (C=O) groups is 1. The van der Waals surface area contributed by atoms with Crippen molar-refractivity contribution in [1.82, 2.24) is 5.32 Å². The molecule has 0 saturated carbocycles. The predicted molar refractivity (Wildman–Crippen MR) is 89.6 cm³/mol. The van der Waals surface area contributed by atoms with E-state index in [-0.39, 0.29) is 24.8 Å². The van der Waals surface area contributed by atoms with E-state index in [1.807, 2.05) is 12.1 Å². The molecular formula is C16H14F2INO3. The van der Waals surface area contributed by atoms with Crippen molar-refractivity contribution in [1.29, 1.82) is 0 Å². The van der Waals surface area contributed by atoms with Crippen molar-refractivity contribution in [3.63, 3.8) is 0 Å². The topological polar surface area (TPSA) is 47.6 Å². The molecule has 0 heterocycles. The summed E-state index contributed by atoms with van der Waals surface area (Å²) in [5.74, 6) is 0.277. The Morgan fingerprint density at radius 3 is 2.52 bits per heavy atom. The molecule has 7 heteroatoms. The molecule has 0 aliphatic carbocycles. The molecule has 0 aromatic heterocycles. The first-order valence-electron chi connectivity index (χ1n) is 6.72. The fourth-order valence-electron chi connectivity index (χ4n) is 1.79. The second kappa shape index (κ2) is 8.66. The van der Waals surface area contributed by atoms with Crippen LogP contribution < -0.4 is 14.8 Å². The molecule has 122 valence electrons. The first kappa shape index (κ1) is 17.5. The maximum atomic E-state index is 12.3. The standard InChI is InChI=1S/C16H14F2INO3/c17-16(18)23-14-4-2-1-3-11(14)9-20-15(21)10-22-13-7-5-12(19)6-8-13/h1-8,16H,9-10H2,(H,20,21). The number of amides is 1. The Balaban J connectivity index is 1.83. The first-order chi connectivity index (χ1) is 11.0. The van der Waals surface area contributed by atoms with Gasteiger partial charge in [-0.1, -0.05) is 18.2 Å². The van der Waals surface area contributed by atoms with Crippen LogP contribution in [0.2, 0.25) is 0 Å². The van der Waals surface area contributed by atoms with Crippen molar-refractivity contribution >= 4 is 28.5 Å². The van der Waals surface area contributed by atoms with Gasteiger partial charge in [-0.15, -0.1) is 0 Å². The number of benzene rings is 2. The zero-order valence-electron chi connectivity index (χ0n) is 12.0. The molecule has 0 bridgehead atoms. The molecule has 0 aliphatic rings. The summed E-state index contributed by atoms with van der Waals surface area (Å²) in [6.07, 6.45) is 0. The van der Waals surface area contributed by atoms with Crippen LogP contribution in [0.1, 0.15) is 5.56 Å². The van der Waals surface area contributed by atoms with E-state index in [1.54, 1.807) is 30.3 Å². The third-order valence-electron chi connectivity index (χ3n) is 2.85. The second-order valence-electron chi connectivity index (χ2n) is 4.51. The van der Waals surface area contributed by atoms with E-state index in [0.29, 0.717) is 11.3 Å². The van der Waals surface area contributed by atoms with Crippen LogP contribution >= 0.6 is 22.6 Å². The Kier molecular flexibility index (Phi) is 6.57. The number of ether oxygens (including phenoxy) is 2. The molecule has 0 fully saturated rings. The maximum Gasteiger partial charge on any atom is 0.387 e. The van der Waals surface area contributed by atoms with Gasteiger partial charge in [-0.25, -0.2) is 0 Å². The van der Waals surface area contributed by atoms with Crippen LogP contribution in [0.3, 0.4) is 0 Å². The van der Waals surface area contributed by atoms with Crippen LogP contribution in [0.15, 0.2) is 48.5 Å². The quantitative estimate of drug-likeness (QED) is 0.680. The minimum Gasteiger partial charge on any atom is -0.484 e. The lowest BCUT2D eigenvalue weighted by molar-refractivity contribution is -0.123. The molecule has 0 spiro atoms. The summed E-state index contributed by atoms with van der Waals surface area (Å²) in [5, 5.41) is 2.60. The smallest absolute Gasteiger partial charge is 0.387 e. The van der Waals surface area contributed by atoms with Crippen LogP contribution in [-0.2, 0) is 11.3 Å². The van der Waals surface area contributed by atoms with Gasteiger partial charge in [-0.3, -0.25) is 4.79 Å². The van der Waals surface area contributed by atoms with E-state index in [2.05, 4.69) is 32.6 Å². The summed E-state index contributed by atoms with van der Waals surface area (Å²) in [7, 11) is 0. The number of para-hydroxylation sites is 1. The zero-order valence-corrected chi connectivity index (χ0v) is 14.1. The minimum atomic E-state index is -2.91. The number of carbonyl (C=O) groups excluding carboxylic acids is 1. The van der Waals surface area contributed by atoms with Crippen molar-refractivity contribution in [2.45, 2.75) is 13.2 Å². The van der Waals surface area contributed by atoms with Gasteiger partial charge in [-0.05, 0) is 52.9 Å². The second-order valence-corrected chi connectivity index (χ2v) is 5.75. The van der Waals surface area contributed by atoms with Gasteiger partial charge >= 0.3 is 6.61 Å². The molecule has 0 aliphatic heterocycles. The van der Waals surface area contributed by atoms with Gasteiger partial charge in [0.05, 0.1) is 0 Å². The molecule has 0 radical (unpaired) electrons. The van der Waals surface area contributed by atoms with Gasteiger partial charge in [-0.2, -0.15) is 8.78 Å². The predicted octanol–water partition coefficient (Wildman–Crippen LogP) is 3.59. The molecule has 1 N–H and O–H groups in total. The van der Waals surface area contributed by atoms with Gasteiger partial charge in [0, 0.05) is 15.7 Å². The number of halogens is 3.